The third kappa shape index (κ3) is 1.60. The number of hydrogen-bond donors (Lipinski definition) is 1. The highest BCUT2D eigenvalue weighted by Gasteiger charge is 2.36. The minimum Gasteiger partial charge on any atom is -0.327 e. The van der Waals surface area contributed by atoms with Crippen LogP contribution in [-0.2, 0) is 4.79 Å². The van der Waals surface area contributed by atoms with E-state index in [9.17, 15) is 9.59 Å². The number of anilines is 1. The van der Waals surface area contributed by atoms with Gasteiger partial charge in [-0.25, -0.2) is 0 Å². The fourth-order valence-corrected chi connectivity index (χ4v) is 2.60. The van der Waals surface area contributed by atoms with Crippen molar-refractivity contribution >= 4 is 17.5 Å². The Morgan fingerprint density at radius 1 is 1.18 bits per heavy atom. The summed E-state index contributed by atoms with van der Waals surface area (Å²) in [6, 6.07) is 6.92. The van der Waals surface area contributed by atoms with Crippen LogP contribution >= 0.6 is 0 Å². The van der Waals surface area contributed by atoms with E-state index in [0.29, 0.717) is 17.8 Å². The molecule has 2 amide bonds. The van der Waals surface area contributed by atoms with Gasteiger partial charge in [-0.05, 0) is 31.4 Å². The molecule has 0 bridgehead atoms. The van der Waals surface area contributed by atoms with Crippen LogP contribution < -0.4 is 5.32 Å². The predicted octanol–water partition coefficient (Wildman–Crippen LogP) is 1.63. The molecule has 1 fully saturated rings. The van der Waals surface area contributed by atoms with Gasteiger partial charge in [0.25, 0.3) is 5.91 Å². The topological polar surface area (TPSA) is 49.4 Å². The number of piperidine rings is 1. The van der Waals surface area contributed by atoms with Crippen molar-refractivity contribution in [2.24, 2.45) is 0 Å². The van der Waals surface area contributed by atoms with E-state index in [-0.39, 0.29) is 17.9 Å². The molecule has 1 aromatic rings. The lowest BCUT2D eigenvalue weighted by Gasteiger charge is -2.32. The molecule has 3 rings (SSSR count). The molecule has 0 aromatic heterocycles. The molecule has 88 valence electrons. The Morgan fingerprint density at radius 3 is 2.88 bits per heavy atom. The highest BCUT2D eigenvalue weighted by molar-refractivity contribution is 6.09. The van der Waals surface area contributed by atoms with Crippen molar-refractivity contribution in [3.05, 3.63) is 29.8 Å². The number of para-hydroxylation sites is 1. The van der Waals surface area contributed by atoms with Gasteiger partial charge in [0.1, 0.15) is 6.04 Å². The average Bonchev–Trinajstić information content (AvgIpc) is 2.48. The summed E-state index contributed by atoms with van der Waals surface area (Å²) in [6.07, 6.45) is 2.77. The Morgan fingerprint density at radius 2 is 2.00 bits per heavy atom. The number of carbonyl (C=O) groups excluding carboxylic acids is 2. The van der Waals surface area contributed by atoms with Crippen molar-refractivity contribution in [2.45, 2.75) is 25.3 Å². The first-order chi connectivity index (χ1) is 8.27. The van der Waals surface area contributed by atoms with Gasteiger partial charge >= 0.3 is 0 Å². The largest absolute Gasteiger partial charge is 0.327 e. The van der Waals surface area contributed by atoms with Crippen LogP contribution in [0.4, 0.5) is 5.69 Å². The van der Waals surface area contributed by atoms with Gasteiger partial charge in [-0.3, -0.25) is 9.59 Å². The number of hydrogen-bond acceptors (Lipinski definition) is 2. The summed E-state index contributed by atoms with van der Waals surface area (Å²) in [5.74, 6) is -0.0772. The molecule has 0 saturated carbocycles. The number of benzene rings is 1. The Bertz CT molecular complexity index is 484. The van der Waals surface area contributed by atoms with Crippen molar-refractivity contribution in [2.75, 3.05) is 11.9 Å². The highest BCUT2D eigenvalue weighted by atomic mass is 16.2. The molecule has 0 aliphatic carbocycles. The van der Waals surface area contributed by atoms with Gasteiger partial charge in [0.05, 0.1) is 11.3 Å². The van der Waals surface area contributed by atoms with Crippen LogP contribution in [0, 0.1) is 0 Å². The number of amides is 2. The summed E-state index contributed by atoms with van der Waals surface area (Å²) in [7, 11) is 0. The zero-order valence-corrected chi connectivity index (χ0v) is 9.48. The zero-order chi connectivity index (χ0) is 11.8. The zero-order valence-electron chi connectivity index (χ0n) is 9.48. The maximum Gasteiger partial charge on any atom is 0.256 e. The Labute approximate surface area is 99.6 Å². The van der Waals surface area contributed by atoms with Crippen molar-refractivity contribution in [3.63, 3.8) is 0 Å². The lowest BCUT2D eigenvalue weighted by molar-refractivity contribution is -0.121. The van der Waals surface area contributed by atoms with E-state index >= 15 is 0 Å². The Balaban J connectivity index is 2.07. The van der Waals surface area contributed by atoms with Crippen LogP contribution in [0.25, 0.3) is 0 Å². The Kier molecular flexibility index (Phi) is 2.35. The van der Waals surface area contributed by atoms with E-state index in [0.717, 1.165) is 19.3 Å². The molecule has 2 aliphatic rings. The smallest absolute Gasteiger partial charge is 0.256 e. The summed E-state index contributed by atoms with van der Waals surface area (Å²) < 4.78 is 0. The van der Waals surface area contributed by atoms with E-state index in [1.54, 1.807) is 17.0 Å². The van der Waals surface area contributed by atoms with Gasteiger partial charge in [0.2, 0.25) is 5.91 Å². The van der Waals surface area contributed by atoms with Crippen molar-refractivity contribution in [1.82, 2.24) is 4.90 Å². The van der Waals surface area contributed by atoms with E-state index in [4.69, 9.17) is 0 Å². The predicted molar refractivity (Wildman–Crippen MR) is 63.7 cm³/mol. The molecule has 0 radical (unpaired) electrons. The molecule has 0 unspecified atom stereocenters. The molecule has 1 N–H and O–H groups in total. The molecule has 2 aliphatic heterocycles. The van der Waals surface area contributed by atoms with E-state index in [1.165, 1.54) is 0 Å². The molecule has 2 heterocycles. The van der Waals surface area contributed by atoms with Crippen LogP contribution in [0.1, 0.15) is 29.6 Å². The summed E-state index contributed by atoms with van der Waals surface area (Å²) in [5.41, 5.74) is 1.24. The van der Waals surface area contributed by atoms with Gasteiger partial charge in [-0.1, -0.05) is 12.1 Å². The van der Waals surface area contributed by atoms with Gasteiger partial charge in [-0.15, -0.1) is 0 Å². The third-order valence-corrected chi connectivity index (χ3v) is 3.48. The van der Waals surface area contributed by atoms with E-state index < -0.39 is 0 Å². The van der Waals surface area contributed by atoms with Crippen LogP contribution in [0.3, 0.4) is 0 Å². The molecule has 1 saturated heterocycles. The second kappa shape index (κ2) is 3.87. The van der Waals surface area contributed by atoms with Gasteiger partial charge in [0, 0.05) is 6.54 Å². The summed E-state index contributed by atoms with van der Waals surface area (Å²) >= 11 is 0. The number of nitrogens with one attached hydrogen (secondary N) is 1. The van der Waals surface area contributed by atoms with Gasteiger partial charge in [-0.2, -0.15) is 0 Å². The second-order valence-corrected chi connectivity index (χ2v) is 4.54. The molecule has 1 atom stereocenters. The van der Waals surface area contributed by atoms with Gasteiger partial charge < -0.3 is 10.2 Å². The fourth-order valence-electron chi connectivity index (χ4n) is 2.60. The maximum absolute atomic E-state index is 12.4. The van der Waals surface area contributed by atoms with E-state index in [1.807, 2.05) is 12.1 Å². The van der Waals surface area contributed by atoms with Crippen molar-refractivity contribution in [1.29, 1.82) is 0 Å². The van der Waals surface area contributed by atoms with Crippen LogP contribution in [0.5, 0.6) is 0 Å². The summed E-state index contributed by atoms with van der Waals surface area (Å²) in [5, 5.41) is 2.85. The first kappa shape index (κ1) is 10.3. The molecule has 0 spiro atoms. The third-order valence-electron chi connectivity index (χ3n) is 3.48. The lowest BCUT2D eigenvalue weighted by Crippen LogP contribution is -2.47. The lowest BCUT2D eigenvalue weighted by atomic mass is 10.0. The number of rotatable bonds is 0. The maximum atomic E-state index is 12.4. The number of fused-ring (bicyclic) bond motifs is 2. The number of carbonyl (C=O) groups is 2. The fraction of sp³-hybridized carbons (Fsp3) is 0.385. The molecule has 17 heavy (non-hydrogen) atoms. The molecule has 1 aromatic carbocycles. The molecule has 4 heteroatoms. The van der Waals surface area contributed by atoms with Gasteiger partial charge in [0.15, 0.2) is 0 Å². The minimum atomic E-state index is -0.288. The van der Waals surface area contributed by atoms with Crippen LogP contribution in [0.2, 0.25) is 0 Å². The van der Waals surface area contributed by atoms with Crippen LogP contribution in [0.15, 0.2) is 24.3 Å². The first-order valence-electron chi connectivity index (χ1n) is 5.98. The van der Waals surface area contributed by atoms with Crippen LogP contribution in [-0.4, -0.2) is 29.3 Å². The minimum absolute atomic E-state index is 0.0244. The quantitative estimate of drug-likeness (QED) is 0.736. The van der Waals surface area contributed by atoms with Crippen molar-refractivity contribution in [3.8, 4) is 0 Å². The Hall–Kier alpha value is -1.84. The summed E-state index contributed by atoms with van der Waals surface area (Å²) in [4.78, 5) is 26.1. The molecular weight excluding hydrogens is 216 g/mol. The SMILES string of the molecule is O=C1Nc2ccccc2C(=O)N2CCCC[C@@H]12. The van der Waals surface area contributed by atoms with E-state index in [2.05, 4.69) is 5.32 Å². The average molecular weight is 230 g/mol. The summed E-state index contributed by atoms with van der Waals surface area (Å²) in [6.45, 7) is 0.686. The first-order valence-corrected chi connectivity index (χ1v) is 5.98. The standard InChI is InChI=1S/C13H14N2O2/c16-12-11-7-3-4-8-15(11)13(17)9-5-1-2-6-10(9)14-12/h1-2,5-6,11H,3-4,7-8H2,(H,14,16)/t11-/m0/s1. The molecular formula is C13H14N2O2. The normalized spacial score (nSPS) is 23.5. The molecule has 4 nitrogen and oxygen atoms in total. The van der Waals surface area contributed by atoms with Crippen molar-refractivity contribution < 1.29 is 9.59 Å². The second-order valence-electron chi connectivity index (χ2n) is 4.54. The monoisotopic (exact) mass is 230 g/mol. The number of nitrogens with zero attached hydrogens (tertiary/aromatic N) is 1. The highest BCUT2D eigenvalue weighted by Crippen LogP contribution is 2.27.